The van der Waals surface area contributed by atoms with Crippen LogP contribution in [0.4, 0.5) is 5.69 Å². The summed E-state index contributed by atoms with van der Waals surface area (Å²) in [4.78, 5) is 0. The van der Waals surface area contributed by atoms with Crippen LogP contribution in [-0.4, -0.2) is 4.21 Å². The van der Waals surface area contributed by atoms with Crippen molar-refractivity contribution in [2.75, 3.05) is 0 Å². The van der Waals surface area contributed by atoms with E-state index in [4.69, 9.17) is 10.7 Å². The zero-order valence-corrected chi connectivity index (χ0v) is 10.7. The summed E-state index contributed by atoms with van der Waals surface area (Å²) >= 11 is 0. The third-order valence-corrected chi connectivity index (χ3v) is 3.89. The second-order valence-corrected chi connectivity index (χ2v) is 6.66. The summed E-state index contributed by atoms with van der Waals surface area (Å²) in [6.07, 6.45) is 0. The van der Waals surface area contributed by atoms with E-state index in [9.17, 15) is 4.21 Å². The van der Waals surface area contributed by atoms with E-state index in [2.05, 4.69) is 4.36 Å². The minimum Gasteiger partial charge on any atom is -0.233 e. The minimum absolute atomic E-state index is 0.254. The van der Waals surface area contributed by atoms with Gasteiger partial charge in [0.05, 0.1) is 11.4 Å². The Morgan fingerprint density at radius 2 is 1.47 bits per heavy atom. The van der Waals surface area contributed by atoms with Crippen LogP contribution in [0.3, 0.4) is 0 Å². The highest BCUT2D eigenvalue weighted by Gasteiger charge is 2.06. The van der Waals surface area contributed by atoms with E-state index in [0.717, 1.165) is 5.56 Å². The molecule has 2 rings (SSSR count). The van der Waals surface area contributed by atoms with Crippen LogP contribution in [0.5, 0.6) is 0 Å². The molecule has 0 N–H and O–H groups in total. The van der Waals surface area contributed by atoms with Gasteiger partial charge in [-0.05, 0) is 28.4 Å². The van der Waals surface area contributed by atoms with E-state index >= 15 is 0 Å². The second kappa shape index (κ2) is 5.34. The molecule has 88 valence electrons. The Morgan fingerprint density at radius 3 is 2.06 bits per heavy atom. The maximum absolute atomic E-state index is 12.1. The molecule has 0 aliphatic heterocycles. The van der Waals surface area contributed by atoms with E-state index < -0.39 is 8.94 Å². The third-order valence-electron chi connectivity index (χ3n) is 2.19. The molecule has 0 saturated heterocycles. The summed E-state index contributed by atoms with van der Waals surface area (Å²) in [7, 11) is 3.23. The predicted molar refractivity (Wildman–Crippen MR) is 72.7 cm³/mol. The Morgan fingerprint density at radius 1 is 0.941 bits per heavy atom. The lowest BCUT2D eigenvalue weighted by molar-refractivity contribution is 0.685. The first-order chi connectivity index (χ1) is 8.16. The fraction of sp³-hybridized carbons (Fsp3) is 0.0769. The van der Waals surface area contributed by atoms with Gasteiger partial charge in [0.1, 0.15) is 8.94 Å². The molecule has 0 amide bonds. The topological polar surface area (TPSA) is 29.4 Å². The Hall–Kier alpha value is -1.32. The maximum Gasteiger partial charge on any atom is 0.139 e. The van der Waals surface area contributed by atoms with Crippen LogP contribution in [0.25, 0.3) is 0 Å². The van der Waals surface area contributed by atoms with Gasteiger partial charge in [0.2, 0.25) is 0 Å². The van der Waals surface area contributed by atoms with E-state index in [-0.39, 0.29) is 5.75 Å². The summed E-state index contributed by atoms with van der Waals surface area (Å²) in [6, 6.07) is 18.6. The largest absolute Gasteiger partial charge is 0.233 e. The molecule has 2 aromatic rings. The predicted octanol–water partition coefficient (Wildman–Crippen LogP) is 4.14. The number of hydrogen-bond donors (Lipinski definition) is 0. The van der Waals surface area contributed by atoms with E-state index in [0.29, 0.717) is 5.69 Å². The maximum atomic E-state index is 12.1. The van der Waals surface area contributed by atoms with Gasteiger partial charge in [-0.25, -0.2) is 4.21 Å². The second-order valence-electron chi connectivity index (χ2n) is 3.62. The first-order valence-corrected chi connectivity index (χ1v) is 7.70. The average Bonchev–Trinajstić information content (AvgIpc) is 2.30. The molecule has 0 aromatic heterocycles. The number of nitrogens with zero attached hydrogens (tertiary/aromatic N) is 1. The first kappa shape index (κ1) is 12.1. The summed E-state index contributed by atoms with van der Waals surface area (Å²) in [6.45, 7) is 0. The van der Waals surface area contributed by atoms with Crippen molar-refractivity contribution in [1.82, 2.24) is 0 Å². The van der Waals surface area contributed by atoms with Crippen molar-refractivity contribution >= 4 is 25.3 Å². The first-order valence-electron chi connectivity index (χ1n) is 5.19. The van der Waals surface area contributed by atoms with Gasteiger partial charge in [-0.2, -0.15) is 4.36 Å². The molecule has 2 aromatic carbocycles. The summed E-state index contributed by atoms with van der Waals surface area (Å²) in [5.41, 5.74) is 1.57. The Kier molecular flexibility index (Phi) is 3.82. The van der Waals surface area contributed by atoms with Crippen LogP contribution in [-0.2, 0) is 14.7 Å². The van der Waals surface area contributed by atoms with Gasteiger partial charge in [0.15, 0.2) is 0 Å². The van der Waals surface area contributed by atoms with Crippen LogP contribution in [0.2, 0.25) is 0 Å². The highest BCUT2D eigenvalue weighted by atomic mass is 35.7. The zero-order valence-electron chi connectivity index (χ0n) is 9.12. The van der Waals surface area contributed by atoms with Gasteiger partial charge in [-0.1, -0.05) is 48.5 Å². The van der Waals surface area contributed by atoms with E-state index in [1.807, 2.05) is 48.5 Å². The average molecular weight is 266 g/mol. The molecule has 0 heterocycles. The normalized spacial score (nSPS) is 13.9. The summed E-state index contributed by atoms with van der Waals surface area (Å²) < 4.78 is 16.2. The molecule has 1 unspecified atom stereocenters. The molecule has 0 spiro atoms. The molecule has 0 aliphatic rings. The highest BCUT2D eigenvalue weighted by Crippen LogP contribution is 2.19. The summed E-state index contributed by atoms with van der Waals surface area (Å²) in [5, 5.41) is 0. The fourth-order valence-corrected chi connectivity index (χ4v) is 3.18. The van der Waals surface area contributed by atoms with Gasteiger partial charge < -0.3 is 0 Å². The number of rotatable bonds is 3. The van der Waals surface area contributed by atoms with Crippen molar-refractivity contribution in [1.29, 1.82) is 0 Å². The molecule has 0 bridgehead atoms. The Balaban J connectivity index is 2.26. The third kappa shape index (κ3) is 3.88. The van der Waals surface area contributed by atoms with Crippen molar-refractivity contribution in [2.45, 2.75) is 5.75 Å². The van der Waals surface area contributed by atoms with Crippen LogP contribution in [0, 0.1) is 0 Å². The lowest BCUT2D eigenvalue weighted by Crippen LogP contribution is -1.94. The van der Waals surface area contributed by atoms with Gasteiger partial charge in [0, 0.05) is 0 Å². The Labute approximate surface area is 106 Å². The van der Waals surface area contributed by atoms with Crippen molar-refractivity contribution in [3.05, 3.63) is 66.2 Å². The minimum atomic E-state index is -2.74. The molecule has 0 aliphatic carbocycles. The molecule has 0 saturated carbocycles. The quantitative estimate of drug-likeness (QED) is 0.767. The van der Waals surface area contributed by atoms with Crippen molar-refractivity contribution in [3.63, 3.8) is 0 Å². The van der Waals surface area contributed by atoms with Crippen LogP contribution >= 0.6 is 10.7 Å². The zero-order chi connectivity index (χ0) is 12.1. The molecular weight excluding hydrogens is 254 g/mol. The smallest absolute Gasteiger partial charge is 0.139 e. The van der Waals surface area contributed by atoms with Gasteiger partial charge in [-0.3, -0.25) is 0 Å². The molecule has 0 fully saturated rings. The van der Waals surface area contributed by atoms with Crippen LogP contribution in [0.15, 0.2) is 65.0 Å². The van der Waals surface area contributed by atoms with Gasteiger partial charge in [0.25, 0.3) is 0 Å². The van der Waals surface area contributed by atoms with Crippen molar-refractivity contribution in [3.8, 4) is 0 Å². The molecule has 0 radical (unpaired) electrons. The number of halogens is 1. The highest BCUT2D eigenvalue weighted by molar-refractivity contribution is 8.15. The monoisotopic (exact) mass is 265 g/mol. The van der Waals surface area contributed by atoms with Crippen LogP contribution in [0.1, 0.15) is 5.56 Å². The molecule has 4 heteroatoms. The van der Waals surface area contributed by atoms with E-state index in [1.54, 1.807) is 12.1 Å². The fourth-order valence-electron chi connectivity index (χ4n) is 1.46. The summed E-state index contributed by atoms with van der Waals surface area (Å²) in [5.74, 6) is 0.254. The van der Waals surface area contributed by atoms with Gasteiger partial charge in [-0.15, -0.1) is 0 Å². The van der Waals surface area contributed by atoms with Gasteiger partial charge >= 0.3 is 0 Å². The number of benzene rings is 2. The van der Waals surface area contributed by atoms with Crippen LogP contribution < -0.4 is 0 Å². The molecule has 2 nitrogen and oxygen atoms in total. The van der Waals surface area contributed by atoms with Crippen molar-refractivity contribution < 1.29 is 4.21 Å². The lowest BCUT2D eigenvalue weighted by Gasteiger charge is -2.02. The van der Waals surface area contributed by atoms with E-state index in [1.165, 1.54) is 0 Å². The van der Waals surface area contributed by atoms with Crippen molar-refractivity contribution in [2.24, 2.45) is 4.36 Å². The standard InChI is InChI=1S/C13H12ClNOS/c14-17(16,11-12-7-3-1-4-8-12)15-13-9-5-2-6-10-13/h1-10H,11H2. The number of hydrogen-bond acceptors (Lipinski definition) is 2. The SMILES string of the molecule is O=S(Cl)(Cc1ccccc1)=Nc1ccccc1. The molecule has 1 atom stereocenters. The molecular formula is C13H12ClNOS. The lowest BCUT2D eigenvalue weighted by atomic mass is 10.2. The Bertz CT molecular complexity index is 589. The molecule has 17 heavy (non-hydrogen) atoms.